The van der Waals surface area contributed by atoms with Crippen molar-refractivity contribution in [3.8, 4) is 0 Å². The first-order valence-corrected chi connectivity index (χ1v) is 10.9. The lowest BCUT2D eigenvalue weighted by atomic mass is 9.77. The molecule has 1 heterocycles. The highest BCUT2D eigenvalue weighted by atomic mass is 16.5. The van der Waals surface area contributed by atoms with Crippen molar-refractivity contribution in [2.45, 2.75) is 58.6 Å². The summed E-state index contributed by atoms with van der Waals surface area (Å²) in [5.74, 6) is -1.19. The Morgan fingerprint density at radius 1 is 1.16 bits per heavy atom. The first-order valence-electron chi connectivity index (χ1n) is 10.9. The molecule has 8 nitrogen and oxygen atoms in total. The molecule has 3 rings (SSSR count). The molecule has 1 aromatic rings. The summed E-state index contributed by atoms with van der Waals surface area (Å²) in [6.45, 7) is 6.23. The molecule has 2 fully saturated rings. The van der Waals surface area contributed by atoms with Crippen molar-refractivity contribution in [2.24, 2.45) is 23.5 Å². The zero-order chi connectivity index (χ0) is 22.7. The number of nitrogens with one attached hydrogen (secondary N) is 1. The lowest BCUT2D eigenvalue weighted by Crippen LogP contribution is -2.45. The summed E-state index contributed by atoms with van der Waals surface area (Å²) < 4.78 is 5.36. The normalized spacial score (nSPS) is 26.9. The fourth-order valence-corrected chi connectivity index (χ4v) is 4.49. The molecule has 1 saturated carbocycles. The smallest absolute Gasteiger partial charge is 0.312 e. The molecule has 0 radical (unpaired) electrons. The summed E-state index contributed by atoms with van der Waals surface area (Å²) in [7, 11) is 0. The van der Waals surface area contributed by atoms with E-state index in [2.05, 4.69) is 19.2 Å². The van der Waals surface area contributed by atoms with E-state index in [-0.39, 0.29) is 18.4 Å². The number of nitrogens with two attached hydrogens (primary N) is 1. The van der Waals surface area contributed by atoms with E-state index < -0.39 is 29.8 Å². The highest BCUT2D eigenvalue weighted by molar-refractivity contribution is 5.97. The van der Waals surface area contributed by atoms with Crippen LogP contribution in [-0.4, -0.2) is 47.3 Å². The Labute approximate surface area is 182 Å². The van der Waals surface area contributed by atoms with Crippen molar-refractivity contribution in [3.63, 3.8) is 0 Å². The van der Waals surface area contributed by atoms with Gasteiger partial charge in [0, 0.05) is 30.3 Å². The Bertz CT molecular complexity index is 853. The van der Waals surface area contributed by atoms with Crippen molar-refractivity contribution in [1.29, 1.82) is 0 Å². The third-order valence-electron chi connectivity index (χ3n) is 6.66. The Balaban J connectivity index is 1.54. The zero-order valence-corrected chi connectivity index (χ0v) is 18.3. The van der Waals surface area contributed by atoms with Gasteiger partial charge in [0.15, 0.2) is 6.10 Å². The molecule has 1 aliphatic carbocycles. The van der Waals surface area contributed by atoms with Crippen LogP contribution in [0.25, 0.3) is 0 Å². The van der Waals surface area contributed by atoms with Crippen LogP contribution in [-0.2, 0) is 19.1 Å². The van der Waals surface area contributed by atoms with E-state index in [1.54, 1.807) is 12.1 Å². The Hall–Kier alpha value is -2.90. The van der Waals surface area contributed by atoms with Gasteiger partial charge in [-0.1, -0.05) is 26.7 Å². The van der Waals surface area contributed by atoms with Crippen molar-refractivity contribution in [2.75, 3.05) is 11.9 Å². The second-order valence-electron chi connectivity index (χ2n) is 8.79. The topological polar surface area (TPSA) is 119 Å². The van der Waals surface area contributed by atoms with E-state index in [4.69, 9.17) is 10.5 Å². The summed E-state index contributed by atoms with van der Waals surface area (Å²) in [6, 6.07) is 6.26. The molecule has 3 N–H and O–H groups in total. The zero-order valence-electron chi connectivity index (χ0n) is 18.3. The Kier molecular flexibility index (Phi) is 6.97. The van der Waals surface area contributed by atoms with Gasteiger partial charge in [-0.05, 0) is 49.4 Å². The van der Waals surface area contributed by atoms with Crippen molar-refractivity contribution in [3.05, 3.63) is 29.8 Å². The molecule has 31 heavy (non-hydrogen) atoms. The SMILES string of the molecule is C[C@@H]1[C@H](C)CCC[C@H]1N1C[C@H](C(=O)O[C@@H](C)C(=O)Nc2ccc(C(N)=O)cc2)CC1=O. The number of ether oxygens (including phenoxy) is 1. The van der Waals surface area contributed by atoms with Gasteiger partial charge in [-0.3, -0.25) is 19.2 Å². The number of hydrogen-bond acceptors (Lipinski definition) is 5. The number of anilines is 1. The van der Waals surface area contributed by atoms with E-state index >= 15 is 0 Å². The van der Waals surface area contributed by atoms with Crippen LogP contribution in [0.4, 0.5) is 5.69 Å². The molecule has 2 aliphatic rings. The number of nitrogens with zero attached hydrogens (tertiary/aromatic N) is 1. The average Bonchev–Trinajstić information content (AvgIpc) is 3.12. The van der Waals surface area contributed by atoms with Gasteiger partial charge in [0.2, 0.25) is 11.8 Å². The molecule has 0 unspecified atom stereocenters. The molecule has 8 heteroatoms. The van der Waals surface area contributed by atoms with Gasteiger partial charge in [-0.2, -0.15) is 0 Å². The van der Waals surface area contributed by atoms with Crippen LogP contribution >= 0.6 is 0 Å². The quantitative estimate of drug-likeness (QED) is 0.673. The standard InChI is InChI=1S/C23H31N3O5/c1-13-5-4-6-19(14(13)2)26-12-17(11-20(26)27)23(30)31-15(3)22(29)25-18-9-7-16(8-10-18)21(24)28/h7-10,13-15,17,19H,4-6,11-12H2,1-3H3,(H2,24,28)(H,25,29)/t13-,14-,15+,17-,19-/m1/s1. The second-order valence-corrected chi connectivity index (χ2v) is 8.79. The number of carbonyl (C=O) groups excluding carboxylic acids is 4. The summed E-state index contributed by atoms with van der Waals surface area (Å²) >= 11 is 0. The van der Waals surface area contributed by atoms with E-state index in [1.165, 1.54) is 25.5 Å². The van der Waals surface area contributed by atoms with Gasteiger partial charge in [-0.15, -0.1) is 0 Å². The van der Waals surface area contributed by atoms with Gasteiger partial charge in [0.1, 0.15) is 0 Å². The molecule has 168 valence electrons. The van der Waals surface area contributed by atoms with Gasteiger partial charge in [-0.25, -0.2) is 0 Å². The van der Waals surface area contributed by atoms with Gasteiger partial charge >= 0.3 is 5.97 Å². The highest BCUT2D eigenvalue weighted by Gasteiger charge is 2.42. The van der Waals surface area contributed by atoms with E-state index in [1.807, 2.05) is 4.90 Å². The highest BCUT2D eigenvalue weighted by Crippen LogP contribution is 2.36. The van der Waals surface area contributed by atoms with E-state index in [0.29, 0.717) is 29.6 Å². The number of esters is 1. The predicted molar refractivity (Wildman–Crippen MR) is 115 cm³/mol. The lowest BCUT2D eigenvalue weighted by molar-refractivity contribution is -0.157. The van der Waals surface area contributed by atoms with Gasteiger partial charge < -0.3 is 20.7 Å². The predicted octanol–water partition coefficient (Wildman–Crippen LogP) is 2.33. The molecule has 0 aromatic heterocycles. The molecule has 3 amide bonds. The number of hydrogen-bond donors (Lipinski definition) is 2. The van der Waals surface area contributed by atoms with Crippen LogP contribution in [0.5, 0.6) is 0 Å². The minimum Gasteiger partial charge on any atom is -0.452 e. The Morgan fingerprint density at radius 2 is 1.84 bits per heavy atom. The first kappa shape index (κ1) is 22.8. The van der Waals surface area contributed by atoms with Crippen LogP contribution < -0.4 is 11.1 Å². The molecular weight excluding hydrogens is 398 g/mol. The van der Waals surface area contributed by atoms with Crippen molar-refractivity contribution < 1.29 is 23.9 Å². The summed E-state index contributed by atoms with van der Waals surface area (Å²) in [5, 5.41) is 2.64. The van der Waals surface area contributed by atoms with Crippen LogP contribution in [0.2, 0.25) is 0 Å². The molecule has 5 atom stereocenters. The molecule has 0 spiro atoms. The van der Waals surface area contributed by atoms with Gasteiger partial charge in [0.05, 0.1) is 5.92 Å². The molecule has 1 aromatic carbocycles. The van der Waals surface area contributed by atoms with Gasteiger partial charge in [0.25, 0.3) is 5.91 Å². The third kappa shape index (κ3) is 5.24. The fourth-order valence-electron chi connectivity index (χ4n) is 4.49. The first-order chi connectivity index (χ1) is 14.7. The number of rotatable bonds is 6. The van der Waals surface area contributed by atoms with Crippen LogP contribution in [0, 0.1) is 17.8 Å². The van der Waals surface area contributed by atoms with Crippen LogP contribution in [0.3, 0.4) is 0 Å². The summed E-state index contributed by atoms with van der Waals surface area (Å²) in [5.41, 5.74) is 5.99. The Morgan fingerprint density at radius 3 is 2.48 bits per heavy atom. The molecular formula is C23H31N3O5. The number of likely N-dealkylation sites (tertiary alicyclic amines) is 1. The maximum absolute atomic E-state index is 12.6. The number of primary amides is 1. The minimum atomic E-state index is -1.01. The van der Waals surface area contributed by atoms with E-state index in [0.717, 1.165) is 12.8 Å². The van der Waals surface area contributed by atoms with Crippen molar-refractivity contribution >= 4 is 29.4 Å². The minimum absolute atomic E-state index is 0.0143. The average molecular weight is 430 g/mol. The van der Waals surface area contributed by atoms with E-state index in [9.17, 15) is 19.2 Å². The summed E-state index contributed by atoms with van der Waals surface area (Å²) in [4.78, 5) is 50.5. The number of amides is 3. The summed E-state index contributed by atoms with van der Waals surface area (Å²) in [6.07, 6.45) is 2.34. The lowest BCUT2D eigenvalue weighted by Gasteiger charge is -2.39. The molecule has 1 saturated heterocycles. The second kappa shape index (κ2) is 9.49. The fraction of sp³-hybridized carbons (Fsp3) is 0.565. The molecule has 1 aliphatic heterocycles. The van der Waals surface area contributed by atoms with Crippen molar-refractivity contribution in [1.82, 2.24) is 4.90 Å². The number of carbonyl (C=O) groups is 4. The molecule has 0 bridgehead atoms. The van der Waals surface area contributed by atoms with Crippen LogP contribution in [0.1, 0.15) is 56.8 Å². The monoisotopic (exact) mass is 429 g/mol. The third-order valence-corrected chi connectivity index (χ3v) is 6.66. The number of benzene rings is 1. The maximum atomic E-state index is 12.6. The largest absolute Gasteiger partial charge is 0.452 e. The van der Waals surface area contributed by atoms with Crippen LogP contribution in [0.15, 0.2) is 24.3 Å². The maximum Gasteiger partial charge on any atom is 0.312 e.